The molecule has 1 aliphatic rings. The molecule has 1 aromatic heterocycles. The summed E-state index contributed by atoms with van der Waals surface area (Å²) in [6.45, 7) is 8.47. The normalized spacial score (nSPS) is 14.5. The zero-order valence-corrected chi connectivity index (χ0v) is 16.6. The Morgan fingerprint density at radius 1 is 1.12 bits per heavy atom. The molecule has 0 atom stereocenters. The molecule has 1 fully saturated rings. The smallest absolute Gasteiger partial charge is 0.241 e. The summed E-state index contributed by atoms with van der Waals surface area (Å²) in [5.74, 6) is 1.20. The number of benzene rings is 1. The largest absolute Gasteiger partial charge is 0.477 e. The van der Waals surface area contributed by atoms with Gasteiger partial charge < -0.3 is 4.74 Å². The fourth-order valence-corrected chi connectivity index (χ4v) is 4.59. The van der Waals surface area contributed by atoms with E-state index in [0.717, 1.165) is 27.8 Å². The number of aryl methyl sites for hydroxylation is 2. The molecule has 140 valence electrons. The Hall–Kier alpha value is -1.92. The number of nitrogens with zero attached hydrogens (tertiary/aromatic N) is 1. The number of aromatic nitrogens is 1. The first-order valence-corrected chi connectivity index (χ1v) is 10.4. The van der Waals surface area contributed by atoms with Gasteiger partial charge in [0.2, 0.25) is 15.9 Å². The maximum absolute atomic E-state index is 12.9. The highest BCUT2D eigenvalue weighted by Crippen LogP contribution is 2.29. The van der Waals surface area contributed by atoms with Crippen LogP contribution in [0.3, 0.4) is 0 Å². The number of sulfonamides is 1. The van der Waals surface area contributed by atoms with Crippen LogP contribution in [0.15, 0.2) is 29.3 Å². The van der Waals surface area contributed by atoms with E-state index in [2.05, 4.69) is 9.71 Å². The van der Waals surface area contributed by atoms with Gasteiger partial charge in [0.05, 0.1) is 11.5 Å². The molecule has 1 heterocycles. The van der Waals surface area contributed by atoms with Gasteiger partial charge in [-0.2, -0.15) is 0 Å². The highest BCUT2D eigenvalue weighted by atomic mass is 32.2. The van der Waals surface area contributed by atoms with Crippen LogP contribution in [0.5, 0.6) is 5.88 Å². The summed E-state index contributed by atoms with van der Waals surface area (Å²) in [6, 6.07) is 5.62. The van der Waals surface area contributed by atoms with Gasteiger partial charge in [-0.05, 0) is 80.3 Å². The molecule has 1 saturated carbocycles. The Morgan fingerprint density at radius 2 is 1.77 bits per heavy atom. The summed E-state index contributed by atoms with van der Waals surface area (Å²) in [5, 5.41) is 0. The van der Waals surface area contributed by atoms with Crippen LogP contribution in [0.25, 0.3) is 0 Å². The van der Waals surface area contributed by atoms with Crippen LogP contribution in [0.4, 0.5) is 0 Å². The Bertz CT molecular complexity index is 893. The second-order valence-corrected chi connectivity index (χ2v) is 8.87. The molecule has 0 amide bonds. The molecule has 3 rings (SSSR count). The third-order valence-electron chi connectivity index (χ3n) is 5.00. The maximum atomic E-state index is 12.9. The molecule has 5 nitrogen and oxygen atoms in total. The number of hydrogen-bond donors (Lipinski definition) is 1. The van der Waals surface area contributed by atoms with Gasteiger partial charge >= 0.3 is 0 Å². The van der Waals surface area contributed by atoms with Crippen molar-refractivity contribution in [2.75, 3.05) is 6.61 Å². The van der Waals surface area contributed by atoms with Gasteiger partial charge in [-0.1, -0.05) is 6.07 Å². The summed E-state index contributed by atoms with van der Waals surface area (Å²) in [4.78, 5) is 4.58. The van der Waals surface area contributed by atoms with E-state index >= 15 is 0 Å². The second-order valence-electron chi connectivity index (χ2n) is 7.17. The van der Waals surface area contributed by atoms with E-state index in [1.165, 1.54) is 12.8 Å². The number of ether oxygens (including phenoxy) is 1. The fourth-order valence-electron chi connectivity index (χ4n) is 2.96. The van der Waals surface area contributed by atoms with Crippen LogP contribution in [0, 0.1) is 33.6 Å². The van der Waals surface area contributed by atoms with Gasteiger partial charge in [0.25, 0.3) is 0 Å². The Balaban J connectivity index is 1.75. The molecule has 1 N–H and O–H groups in total. The lowest BCUT2D eigenvalue weighted by Gasteiger charge is -2.16. The molecule has 2 aromatic rings. The second kappa shape index (κ2) is 7.37. The third kappa shape index (κ3) is 4.24. The van der Waals surface area contributed by atoms with Crippen molar-refractivity contribution in [2.45, 2.75) is 52.0 Å². The van der Waals surface area contributed by atoms with Crippen LogP contribution in [0.1, 0.15) is 40.7 Å². The molecule has 0 saturated heterocycles. The molecule has 0 aliphatic heterocycles. The van der Waals surface area contributed by atoms with E-state index in [0.29, 0.717) is 23.3 Å². The minimum absolute atomic E-state index is 0.205. The Labute approximate surface area is 155 Å². The van der Waals surface area contributed by atoms with Gasteiger partial charge in [0.15, 0.2) is 0 Å². The molecular weight excluding hydrogens is 348 g/mol. The summed E-state index contributed by atoms with van der Waals surface area (Å²) < 4.78 is 34.2. The van der Waals surface area contributed by atoms with Crippen molar-refractivity contribution in [3.05, 3.63) is 52.2 Å². The number of rotatable bonds is 7. The van der Waals surface area contributed by atoms with Gasteiger partial charge in [-0.3, -0.25) is 0 Å². The average molecular weight is 375 g/mol. The summed E-state index contributed by atoms with van der Waals surface area (Å²) >= 11 is 0. The Kier molecular flexibility index (Phi) is 5.34. The molecule has 0 spiro atoms. The predicted molar refractivity (Wildman–Crippen MR) is 102 cm³/mol. The fraction of sp³-hybridized carbons (Fsp3) is 0.450. The minimum Gasteiger partial charge on any atom is -0.477 e. The Morgan fingerprint density at radius 3 is 2.38 bits per heavy atom. The maximum Gasteiger partial charge on any atom is 0.241 e. The first-order valence-electron chi connectivity index (χ1n) is 8.92. The molecule has 0 radical (unpaired) electrons. The van der Waals surface area contributed by atoms with Crippen molar-refractivity contribution in [2.24, 2.45) is 5.92 Å². The number of hydrogen-bond acceptors (Lipinski definition) is 4. The highest BCUT2D eigenvalue weighted by Gasteiger charge is 2.23. The summed E-state index contributed by atoms with van der Waals surface area (Å²) in [5.41, 5.74) is 4.38. The zero-order chi connectivity index (χ0) is 18.9. The molecule has 1 aliphatic carbocycles. The molecule has 1 aromatic carbocycles. The lowest BCUT2D eigenvalue weighted by molar-refractivity contribution is 0.288. The van der Waals surface area contributed by atoms with Crippen molar-refractivity contribution >= 4 is 10.0 Å². The molecule has 26 heavy (non-hydrogen) atoms. The lowest BCUT2D eigenvalue weighted by atomic mass is 10.0. The van der Waals surface area contributed by atoms with Crippen molar-refractivity contribution in [1.29, 1.82) is 0 Å². The zero-order valence-electron chi connectivity index (χ0n) is 15.8. The van der Waals surface area contributed by atoms with E-state index in [1.54, 1.807) is 18.3 Å². The highest BCUT2D eigenvalue weighted by molar-refractivity contribution is 7.89. The molecule has 0 unspecified atom stereocenters. The van der Waals surface area contributed by atoms with Gasteiger partial charge in [0, 0.05) is 18.8 Å². The standard InChI is InChI=1S/C20H26N2O3S/c1-13-9-14(2)16(4)20(15(13)3)26(23,24)22-11-18-7-8-21-19(10-18)25-12-17-5-6-17/h7-10,17,22H,5-6,11-12H2,1-4H3. The van der Waals surface area contributed by atoms with Crippen molar-refractivity contribution < 1.29 is 13.2 Å². The van der Waals surface area contributed by atoms with Gasteiger partial charge in [-0.15, -0.1) is 0 Å². The molecular formula is C20H26N2O3S. The number of nitrogens with one attached hydrogen (secondary N) is 1. The van der Waals surface area contributed by atoms with E-state index in [-0.39, 0.29) is 6.54 Å². The van der Waals surface area contributed by atoms with E-state index in [4.69, 9.17) is 4.74 Å². The molecule has 0 bridgehead atoms. The average Bonchev–Trinajstić information content (AvgIpc) is 3.41. The third-order valence-corrected chi connectivity index (χ3v) is 6.67. The van der Waals surface area contributed by atoms with E-state index in [1.807, 2.05) is 33.8 Å². The van der Waals surface area contributed by atoms with Gasteiger partial charge in [-0.25, -0.2) is 18.1 Å². The SMILES string of the molecule is Cc1cc(C)c(C)c(S(=O)(=O)NCc2ccnc(OCC3CC3)c2)c1C. The quantitative estimate of drug-likeness (QED) is 0.804. The van der Waals surface area contributed by atoms with Crippen molar-refractivity contribution in [3.63, 3.8) is 0 Å². The van der Waals surface area contributed by atoms with Crippen LogP contribution in [-0.2, 0) is 16.6 Å². The summed E-state index contributed by atoms with van der Waals surface area (Å²) in [7, 11) is -3.60. The first-order chi connectivity index (χ1) is 12.3. The van der Waals surface area contributed by atoms with Gasteiger partial charge in [0.1, 0.15) is 0 Å². The van der Waals surface area contributed by atoms with Crippen LogP contribution in [0.2, 0.25) is 0 Å². The van der Waals surface area contributed by atoms with E-state index in [9.17, 15) is 8.42 Å². The topological polar surface area (TPSA) is 68.3 Å². The number of pyridine rings is 1. The van der Waals surface area contributed by atoms with Crippen LogP contribution < -0.4 is 9.46 Å². The van der Waals surface area contributed by atoms with Crippen LogP contribution in [-0.4, -0.2) is 20.0 Å². The van der Waals surface area contributed by atoms with Crippen molar-refractivity contribution in [1.82, 2.24) is 9.71 Å². The van der Waals surface area contributed by atoms with Crippen LogP contribution >= 0.6 is 0 Å². The first kappa shape index (κ1) is 18.9. The van der Waals surface area contributed by atoms with Crippen molar-refractivity contribution in [3.8, 4) is 5.88 Å². The monoisotopic (exact) mass is 374 g/mol. The molecule has 6 heteroatoms. The van der Waals surface area contributed by atoms with E-state index < -0.39 is 10.0 Å². The summed E-state index contributed by atoms with van der Waals surface area (Å²) in [6.07, 6.45) is 4.08. The lowest BCUT2D eigenvalue weighted by Crippen LogP contribution is -2.25. The minimum atomic E-state index is -3.60. The predicted octanol–water partition coefficient (Wildman–Crippen LogP) is 3.58.